The SMILES string of the molecule is CCCC12C[N+]1(C)C2. The van der Waals surface area contributed by atoms with E-state index in [9.17, 15) is 0 Å². The van der Waals surface area contributed by atoms with Crippen LogP contribution in [-0.4, -0.2) is 30.2 Å². The van der Waals surface area contributed by atoms with Crippen LogP contribution >= 0.6 is 0 Å². The van der Waals surface area contributed by atoms with Crippen LogP contribution in [0.1, 0.15) is 19.8 Å². The highest BCUT2D eigenvalue weighted by atomic mass is 15.7. The third kappa shape index (κ3) is 0.334. The van der Waals surface area contributed by atoms with Crippen LogP contribution in [0.5, 0.6) is 0 Å². The molecule has 0 amide bonds. The van der Waals surface area contributed by atoms with Gasteiger partial charge in [0.2, 0.25) is 0 Å². The normalized spacial score (nSPS) is 57.8. The van der Waals surface area contributed by atoms with Gasteiger partial charge in [-0.25, -0.2) is 0 Å². The van der Waals surface area contributed by atoms with Crippen molar-refractivity contribution in [2.24, 2.45) is 0 Å². The van der Waals surface area contributed by atoms with E-state index in [1.807, 2.05) is 0 Å². The summed E-state index contributed by atoms with van der Waals surface area (Å²) in [6.45, 7) is 5.26. The van der Waals surface area contributed by atoms with Crippen LogP contribution < -0.4 is 0 Å². The number of likely N-dealkylation sites (N-methyl/N-ethyl adjacent to an activating group) is 1. The summed E-state index contributed by atoms with van der Waals surface area (Å²) in [7, 11) is 2.37. The van der Waals surface area contributed by atoms with Crippen molar-refractivity contribution >= 4 is 0 Å². The van der Waals surface area contributed by atoms with Crippen LogP contribution in [0.25, 0.3) is 0 Å². The van der Waals surface area contributed by atoms with Crippen LogP contribution in [0.15, 0.2) is 0 Å². The van der Waals surface area contributed by atoms with Crippen LogP contribution in [-0.2, 0) is 0 Å². The van der Waals surface area contributed by atoms with E-state index in [2.05, 4.69) is 14.0 Å². The monoisotopic (exact) mass is 112 g/mol. The van der Waals surface area contributed by atoms with Gasteiger partial charge in [0.05, 0.1) is 7.05 Å². The molecule has 0 atom stereocenters. The first kappa shape index (κ1) is 4.80. The van der Waals surface area contributed by atoms with E-state index in [1.54, 1.807) is 0 Å². The molecule has 1 heteroatoms. The molecule has 1 nitrogen and oxygen atoms in total. The molecule has 0 aromatic rings. The molecule has 2 aliphatic heterocycles. The lowest BCUT2D eigenvalue weighted by atomic mass is 10.1. The zero-order valence-corrected chi connectivity index (χ0v) is 5.78. The lowest BCUT2D eigenvalue weighted by molar-refractivity contribution is -0.683. The maximum atomic E-state index is 2.37. The molecule has 2 rings (SSSR count). The summed E-state index contributed by atoms with van der Waals surface area (Å²) in [4.78, 5) is 0. The first-order valence-corrected chi connectivity index (χ1v) is 3.57. The highest BCUT2D eigenvalue weighted by Crippen LogP contribution is 2.60. The average molecular weight is 112 g/mol. The minimum Gasteiger partial charge on any atom is -0.301 e. The highest BCUT2D eigenvalue weighted by molar-refractivity contribution is 5.07. The van der Waals surface area contributed by atoms with Gasteiger partial charge < -0.3 is 4.48 Å². The lowest BCUT2D eigenvalue weighted by Crippen LogP contribution is -2.04. The van der Waals surface area contributed by atoms with Crippen molar-refractivity contribution in [1.29, 1.82) is 0 Å². The van der Waals surface area contributed by atoms with E-state index in [4.69, 9.17) is 0 Å². The summed E-state index contributed by atoms with van der Waals surface area (Å²) < 4.78 is 1.42. The van der Waals surface area contributed by atoms with Gasteiger partial charge in [-0.3, -0.25) is 0 Å². The number of quaternary nitrogens is 1. The summed E-state index contributed by atoms with van der Waals surface area (Å²) in [6.07, 6.45) is 2.86. The zero-order valence-electron chi connectivity index (χ0n) is 5.78. The number of hydrogen-bond donors (Lipinski definition) is 0. The van der Waals surface area contributed by atoms with Gasteiger partial charge in [-0.2, -0.15) is 0 Å². The Labute approximate surface area is 50.9 Å². The summed E-state index contributed by atoms with van der Waals surface area (Å²) in [5, 5.41) is 0. The molecule has 0 aromatic heterocycles. The third-order valence-corrected chi connectivity index (χ3v) is 2.94. The molecule has 0 unspecified atom stereocenters. The average Bonchev–Trinajstić information content (AvgIpc) is 2.25. The molecule has 46 valence electrons. The van der Waals surface area contributed by atoms with Gasteiger partial charge in [0, 0.05) is 6.42 Å². The van der Waals surface area contributed by atoms with Crippen molar-refractivity contribution in [3.63, 3.8) is 0 Å². The van der Waals surface area contributed by atoms with Gasteiger partial charge in [-0.05, 0) is 6.42 Å². The van der Waals surface area contributed by atoms with Gasteiger partial charge in [0.15, 0.2) is 5.54 Å². The molecule has 2 fully saturated rings. The Morgan fingerprint density at radius 2 is 2.00 bits per heavy atom. The Balaban J connectivity index is 1.94. The minimum atomic E-state index is 0.842. The Kier molecular flexibility index (Phi) is 0.583. The second kappa shape index (κ2) is 0.971. The Morgan fingerprint density at radius 3 is 2.12 bits per heavy atom. The Bertz CT molecular complexity index is 122. The molecule has 0 aliphatic carbocycles. The van der Waals surface area contributed by atoms with Crippen LogP contribution in [0.2, 0.25) is 0 Å². The fourth-order valence-corrected chi connectivity index (χ4v) is 2.08. The number of hydrogen-bond acceptors (Lipinski definition) is 0. The molecule has 0 saturated carbocycles. The lowest BCUT2D eigenvalue weighted by Gasteiger charge is -1.84. The largest absolute Gasteiger partial charge is 0.301 e. The quantitative estimate of drug-likeness (QED) is 0.369. The van der Waals surface area contributed by atoms with Crippen LogP contribution in [0.4, 0.5) is 0 Å². The van der Waals surface area contributed by atoms with Crippen LogP contribution in [0, 0.1) is 0 Å². The van der Waals surface area contributed by atoms with Crippen molar-refractivity contribution in [2.75, 3.05) is 20.1 Å². The van der Waals surface area contributed by atoms with Gasteiger partial charge in [-0.1, -0.05) is 6.92 Å². The number of fused-ring (bicyclic) bond motifs is 1. The van der Waals surface area contributed by atoms with E-state index >= 15 is 0 Å². The topological polar surface area (TPSA) is 0 Å². The van der Waals surface area contributed by atoms with Crippen molar-refractivity contribution in [1.82, 2.24) is 0 Å². The van der Waals surface area contributed by atoms with Gasteiger partial charge in [0.1, 0.15) is 13.1 Å². The second-order valence-corrected chi connectivity index (χ2v) is 3.69. The summed E-state index contributed by atoms with van der Waals surface area (Å²) in [6, 6.07) is 0. The van der Waals surface area contributed by atoms with E-state index in [-0.39, 0.29) is 0 Å². The summed E-state index contributed by atoms with van der Waals surface area (Å²) in [5.74, 6) is 0. The maximum absolute atomic E-state index is 2.37. The Hall–Kier alpha value is -0.0400. The molecule has 2 saturated heterocycles. The number of rotatable bonds is 2. The first-order chi connectivity index (χ1) is 3.72. The summed E-state index contributed by atoms with van der Waals surface area (Å²) >= 11 is 0. The molecule has 0 bridgehead atoms. The third-order valence-electron chi connectivity index (χ3n) is 2.94. The molecule has 0 aromatic carbocycles. The van der Waals surface area contributed by atoms with E-state index in [0.717, 1.165) is 5.54 Å². The molecule has 2 heterocycles. The molecule has 0 radical (unpaired) electrons. The van der Waals surface area contributed by atoms with Crippen molar-refractivity contribution in [3.8, 4) is 0 Å². The fourth-order valence-electron chi connectivity index (χ4n) is 2.08. The predicted octanol–water partition coefficient (Wildman–Crippen LogP) is 0.999. The standard InChI is InChI=1S/C7H14N/c1-3-4-7-5-8(7,2)6-7/h3-6H2,1-2H3/q+1. The Morgan fingerprint density at radius 1 is 1.50 bits per heavy atom. The van der Waals surface area contributed by atoms with Crippen molar-refractivity contribution in [2.45, 2.75) is 25.3 Å². The molecule has 2 aliphatic rings. The summed E-state index contributed by atoms with van der Waals surface area (Å²) in [5.41, 5.74) is 0.842. The van der Waals surface area contributed by atoms with Gasteiger partial charge in [-0.15, -0.1) is 0 Å². The van der Waals surface area contributed by atoms with Crippen LogP contribution in [0.3, 0.4) is 0 Å². The van der Waals surface area contributed by atoms with E-state index < -0.39 is 0 Å². The van der Waals surface area contributed by atoms with Crippen molar-refractivity contribution < 1.29 is 4.48 Å². The first-order valence-electron chi connectivity index (χ1n) is 3.57. The van der Waals surface area contributed by atoms with Gasteiger partial charge in [0.25, 0.3) is 0 Å². The highest BCUT2D eigenvalue weighted by Gasteiger charge is 2.84. The number of nitrogens with zero attached hydrogens (tertiary/aromatic N) is 1. The maximum Gasteiger partial charge on any atom is 0.198 e. The van der Waals surface area contributed by atoms with Gasteiger partial charge >= 0.3 is 0 Å². The molecule has 8 heavy (non-hydrogen) atoms. The van der Waals surface area contributed by atoms with Crippen molar-refractivity contribution in [3.05, 3.63) is 0 Å². The smallest absolute Gasteiger partial charge is 0.198 e. The van der Waals surface area contributed by atoms with E-state index in [1.165, 1.54) is 30.4 Å². The minimum absolute atomic E-state index is 0.842. The predicted molar refractivity (Wildman–Crippen MR) is 33.6 cm³/mol. The van der Waals surface area contributed by atoms with E-state index in [0.29, 0.717) is 0 Å². The molecule has 0 spiro atoms. The fraction of sp³-hybridized carbons (Fsp3) is 1.00. The molecular formula is C7H14N+. The molecule has 0 N–H and O–H groups in total. The zero-order chi connectivity index (χ0) is 5.83. The second-order valence-electron chi connectivity index (χ2n) is 3.69. The molecular weight excluding hydrogens is 98.1 g/mol.